The summed E-state index contributed by atoms with van der Waals surface area (Å²) in [6.07, 6.45) is 2.68. The number of carbonyl (C=O) groups excluding carboxylic acids is 1. The summed E-state index contributed by atoms with van der Waals surface area (Å²) >= 11 is 0. The Labute approximate surface area is 167 Å². The van der Waals surface area contributed by atoms with Gasteiger partial charge in [0, 0.05) is 39.3 Å². The van der Waals surface area contributed by atoms with Crippen LogP contribution in [-0.2, 0) is 17.9 Å². The van der Waals surface area contributed by atoms with E-state index in [1.807, 2.05) is 6.07 Å². The third-order valence-electron chi connectivity index (χ3n) is 5.94. The number of carboxylic acids is 1. The van der Waals surface area contributed by atoms with Gasteiger partial charge in [-0.05, 0) is 42.2 Å². The average molecular weight is 388 g/mol. The molecule has 6 heteroatoms. The van der Waals surface area contributed by atoms with E-state index in [0.717, 1.165) is 43.5 Å². The minimum Gasteiger partial charge on any atom is -0.481 e. The van der Waals surface area contributed by atoms with Crippen molar-refractivity contribution in [3.63, 3.8) is 0 Å². The Hall–Kier alpha value is -2.08. The largest absolute Gasteiger partial charge is 0.481 e. The Morgan fingerprint density at radius 1 is 1.11 bits per heavy atom. The van der Waals surface area contributed by atoms with Gasteiger partial charge in [-0.3, -0.25) is 9.69 Å². The first kappa shape index (κ1) is 20.6. The number of aliphatic carboxylic acids is 1. The zero-order valence-corrected chi connectivity index (χ0v) is 17.1. The van der Waals surface area contributed by atoms with Gasteiger partial charge in [-0.25, -0.2) is 4.79 Å². The molecule has 154 valence electrons. The van der Waals surface area contributed by atoms with Crippen molar-refractivity contribution < 1.29 is 14.7 Å². The van der Waals surface area contributed by atoms with Crippen molar-refractivity contribution in [1.29, 1.82) is 0 Å². The van der Waals surface area contributed by atoms with Gasteiger partial charge in [0.25, 0.3) is 0 Å². The van der Waals surface area contributed by atoms with Crippen molar-refractivity contribution >= 4 is 12.0 Å². The lowest BCUT2D eigenvalue weighted by molar-refractivity contribution is -0.143. The van der Waals surface area contributed by atoms with Crippen molar-refractivity contribution in [2.24, 2.45) is 17.8 Å². The van der Waals surface area contributed by atoms with E-state index in [9.17, 15) is 14.7 Å². The van der Waals surface area contributed by atoms with Crippen LogP contribution in [-0.4, -0.2) is 53.1 Å². The molecule has 0 spiro atoms. The first-order valence-electron chi connectivity index (χ1n) is 10.5. The van der Waals surface area contributed by atoms with Gasteiger partial charge in [0.1, 0.15) is 0 Å². The number of urea groups is 1. The van der Waals surface area contributed by atoms with Crippen molar-refractivity contribution in [1.82, 2.24) is 15.1 Å². The highest BCUT2D eigenvalue weighted by atomic mass is 16.4. The van der Waals surface area contributed by atoms with Gasteiger partial charge in [0.15, 0.2) is 0 Å². The van der Waals surface area contributed by atoms with Gasteiger partial charge in [-0.15, -0.1) is 0 Å². The normalized spacial score (nSPS) is 26.1. The van der Waals surface area contributed by atoms with Crippen molar-refractivity contribution in [3.8, 4) is 0 Å². The standard InChI is InChI=1S/C22H33N3O3/c1-16-10-17(2)13-24(12-16)14-19-7-4-3-6-18(19)11-23-22(28)25-9-5-8-20(15-25)21(26)27/h3-4,6-7,16-17,20H,5,8-15H2,1-2H3,(H,23,28)(H,26,27). The molecule has 0 bridgehead atoms. The number of likely N-dealkylation sites (tertiary alicyclic amines) is 2. The molecule has 2 saturated heterocycles. The molecule has 2 fully saturated rings. The number of hydrogen-bond donors (Lipinski definition) is 2. The molecule has 2 N–H and O–H groups in total. The fraction of sp³-hybridized carbons (Fsp3) is 0.636. The smallest absolute Gasteiger partial charge is 0.317 e. The highest BCUT2D eigenvalue weighted by Crippen LogP contribution is 2.23. The SMILES string of the molecule is CC1CC(C)CN(Cc2ccccc2CNC(=O)N2CCCC(C(=O)O)C2)C1. The Bertz CT molecular complexity index is 683. The highest BCUT2D eigenvalue weighted by Gasteiger charge is 2.28. The van der Waals surface area contributed by atoms with Crippen LogP contribution in [0, 0.1) is 17.8 Å². The van der Waals surface area contributed by atoms with Crippen LogP contribution in [0.1, 0.15) is 44.2 Å². The summed E-state index contributed by atoms with van der Waals surface area (Å²) in [4.78, 5) is 27.9. The van der Waals surface area contributed by atoms with Crippen LogP contribution < -0.4 is 5.32 Å². The van der Waals surface area contributed by atoms with Crippen molar-refractivity contribution in [2.75, 3.05) is 26.2 Å². The zero-order chi connectivity index (χ0) is 20.1. The zero-order valence-electron chi connectivity index (χ0n) is 17.1. The van der Waals surface area contributed by atoms with Gasteiger partial charge >= 0.3 is 12.0 Å². The molecule has 0 radical (unpaired) electrons. The number of piperidine rings is 2. The molecular formula is C22H33N3O3. The predicted molar refractivity (Wildman–Crippen MR) is 109 cm³/mol. The summed E-state index contributed by atoms with van der Waals surface area (Å²) in [7, 11) is 0. The second kappa shape index (κ2) is 9.41. The Morgan fingerprint density at radius 2 is 1.79 bits per heavy atom. The maximum absolute atomic E-state index is 12.5. The quantitative estimate of drug-likeness (QED) is 0.814. The van der Waals surface area contributed by atoms with E-state index in [2.05, 4.69) is 42.3 Å². The Kier molecular flexibility index (Phi) is 6.94. The fourth-order valence-corrected chi connectivity index (χ4v) is 4.69. The number of nitrogens with zero attached hydrogens (tertiary/aromatic N) is 2. The predicted octanol–water partition coefficient (Wildman–Crippen LogP) is 3.17. The molecule has 28 heavy (non-hydrogen) atoms. The molecular weight excluding hydrogens is 354 g/mol. The first-order valence-corrected chi connectivity index (χ1v) is 10.5. The summed E-state index contributed by atoms with van der Waals surface area (Å²) in [6.45, 7) is 9.18. The van der Waals surface area contributed by atoms with Gasteiger partial charge in [-0.1, -0.05) is 38.1 Å². The van der Waals surface area contributed by atoms with E-state index in [0.29, 0.717) is 26.1 Å². The van der Waals surface area contributed by atoms with E-state index in [-0.39, 0.29) is 6.03 Å². The third kappa shape index (κ3) is 5.47. The maximum atomic E-state index is 12.5. The number of benzene rings is 1. The van der Waals surface area contributed by atoms with Crippen LogP contribution in [0.15, 0.2) is 24.3 Å². The summed E-state index contributed by atoms with van der Waals surface area (Å²) < 4.78 is 0. The molecule has 6 nitrogen and oxygen atoms in total. The molecule has 0 saturated carbocycles. The molecule has 0 aliphatic carbocycles. The molecule has 1 aromatic rings. The summed E-state index contributed by atoms with van der Waals surface area (Å²) in [6, 6.07) is 8.11. The third-order valence-corrected chi connectivity index (χ3v) is 5.94. The van der Waals surface area contributed by atoms with Gasteiger partial charge in [0.05, 0.1) is 5.92 Å². The molecule has 2 amide bonds. The number of rotatable bonds is 5. The molecule has 0 aromatic heterocycles. The van der Waals surface area contributed by atoms with Crippen molar-refractivity contribution in [3.05, 3.63) is 35.4 Å². The van der Waals surface area contributed by atoms with Gasteiger partial charge in [0.2, 0.25) is 0 Å². The topological polar surface area (TPSA) is 72.9 Å². The first-order chi connectivity index (χ1) is 13.4. The highest BCUT2D eigenvalue weighted by molar-refractivity contribution is 5.76. The van der Waals surface area contributed by atoms with E-state index < -0.39 is 11.9 Å². The van der Waals surface area contributed by atoms with E-state index >= 15 is 0 Å². The molecule has 2 aliphatic heterocycles. The number of hydrogen-bond acceptors (Lipinski definition) is 3. The number of carbonyl (C=O) groups is 2. The summed E-state index contributed by atoms with van der Waals surface area (Å²) in [5, 5.41) is 12.2. The molecule has 3 rings (SSSR count). The lowest BCUT2D eigenvalue weighted by Crippen LogP contribution is -2.46. The maximum Gasteiger partial charge on any atom is 0.317 e. The van der Waals surface area contributed by atoms with Crippen LogP contribution >= 0.6 is 0 Å². The van der Waals surface area contributed by atoms with E-state index in [1.165, 1.54) is 12.0 Å². The molecule has 2 heterocycles. The van der Waals surface area contributed by atoms with Crippen LogP contribution in [0.5, 0.6) is 0 Å². The van der Waals surface area contributed by atoms with Crippen molar-refractivity contribution in [2.45, 2.75) is 46.2 Å². The lowest BCUT2D eigenvalue weighted by Gasteiger charge is -2.35. The lowest BCUT2D eigenvalue weighted by atomic mass is 9.91. The molecule has 2 aliphatic rings. The van der Waals surface area contributed by atoms with Gasteiger partial charge in [-0.2, -0.15) is 0 Å². The number of nitrogens with one attached hydrogen (secondary N) is 1. The van der Waals surface area contributed by atoms with Crippen LogP contribution in [0.2, 0.25) is 0 Å². The van der Waals surface area contributed by atoms with E-state index in [1.54, 1.807) is 4.90 Å². The monoisotopic (exact) mass is 387 g/mol. The molecule has 3 atom stereocenters. The number of carboxylic acid groups (broad SMARTS) is 1. The van der Waals surface area contributed by atoms with E-state index in [4.69, 9.17) is 0 Å². The second-order valence-corrected chi connectivity index (χ2v) is 8.69. The molecule has 3 unspecified atom stereocenters. The summed E-state index contributed by atoms with van der Waals surface area (Å²) in [5.41, 5.74) is 2.39. The summed E-state index contributed by atoms with van der Waals surface area (Å²) in [5.74, 6) is 0.177. The minimum atomic E-state index is -0.812. The minimum absolute atomic E-state index is 0.166. The Balaban J connectivity index is 1.57. The van der Waals surface area contributed by atoms with Crippen LogP contribution in [0.3, 0.4) is 0 Å². The van der Waals surface area contributed by atoms with Gasteiger partial charge < -0.3 is 15.3 Å². The number of amides is 2. The fourth-order valence-electron chi connectivity index (χ4n) is 4.69. The second-order valence-electron chi connectivity index (χ2n) is 8.69. The average Bonchev–Trinajstić information content (AvgIpc) is 2.66. The van der Waals surface area contributed by atoms with Crippen LogP contribution in [0.4, 0.5) is 4.79 Å². The Morgan fingerprint density at radius 3 is 2.46 bits per heavy atom. The van der Waals surface area contributed by atoms with Crippen LogP contribution in [0.25, 0.3) is 0 Å². The molecule has 1 aromatic carbocycles.